The van der Waals surface area contributed by atoms with Crippen LogP contribution in [0.2, 0.25) is 0 Å². The average Bonchev–Trinajstić information content (AvgIpc) is 2.73. The van der Waals surface area contributed by atoms with E-state index in [4.69, 9.17) is 0 Å². The summed E-state index contributed by atoms with van der Waals surface area (Å²) in [6.45, 7) is 13.3. The second-order valence-corrected chi connectivity index (χ2v) is 9.68. The summed E-state index contributed by atoms with van der Waals surface area (Å²) in [6.07, 6.45) is 0. The second-order valence-electron chi connectivity index (χ2n) is 8.50. The lowest BCUT2D eigenvalue weighted by molar-refractivity contribution is 1.30. The van der Waals surface area contributed by atoms with Crippen molar-refractivity contribution in [3.8, 4) is 32.8 Å². The molecule has 0 bridgehead atoms. The van der Waals surface area contributed by atoms with E-state index in [9.17, 15) is 0 Å². The minimum atomic E-state index is 1.27. The fourth-order valence-corrected chi connectivity index (χ4v) is 5.47. The molecule has 0 nitrogen and oxygen atoms in total. The molecule has 30 heavy (non-hydrogen) atoms. The van der Waals surface area contributed by atoms with Gasteiger partial charge in [0.15, 0.2) is 0 Å². The van der Waals surface area contributed by atoms with Crippen LogP contribution in [0.15, 0.2) is 66.7 Å². The van der Waals surface area contributed by atoms with Crippen LogP contribution in [0.5, 0.6) is 0 Å². The fourth-order valence-electron chi connectivity index (χ4n) is 4.08. The third kappa shape index (κ3) is 3.98. The average molecular weight is 409 g/mol. The van der Waals surface area contributed by atoms with E-state index in [1.165, 1.54) is 74.4 Å². The first-order valence-corrected chi connectivity index (χ1v) is 11.5. The Morgan fingerprint density at radius 2 is 0.867 bits per heavy atom. The molecule has 1 aromatic heterocycles. The van der Waals surface area contributed by atoms with E-state index in [0.717, 1.165) is 0 Å². The van der Waals surface area contributed by atoms with Gasteiger partial charge in [0.1, 0.15) is 0 Å². The molecule has 0 amide bonds. The molecule has 4 rings (SSSR count). The van der Waals surface area contributed by atoms with E-state index in [2.05, 4.69) is 108 Å². The topological polar surface area (TPSA) is 0 Å². The Bertz CT molecular complexity index is 1160. The predicted octanol–water partition coefficient (Wildman–Crippen LogP) is 9.12. The third-order valence-electron chi connectivity index (χ3n) is 6.17. The highest BCUT2D eigenvalue weighted by molar-refractivity contribution is 7.37. The molecule has 0 aliphatic rings. The highest BCUT2D eigenvalue weighted by Crippen LogP contribution is 2.43. The lowest BCUT2D eigenvalue weighted by atomic mass is 9.97. The van der Waals surface area contributed by atoms with Gasteiger partial charge in [0.25, 0.3) is 0 Å². The normalized spacial score (nSPS) is 11.0. The van der Waals surface area contributed by atoms with Crippen LogP contribution in [-0.2, 0) is 0 Å². The van der Waals surface area contributed by atoms with Crippen molar-refractivity contribution in [2.45, 2.75) is 41.5 Å². The molecule has 150 valence electrons. The minimum Gasteiger partial charge on any atom is -0.0622 e. The van der Waals surface area contributed by atoms with Gasteiger partial charge in [-0.3, -0.25) is 0 Å². The maximum atomic E-state index is 2.38. The second kappa shape index (κ2) is 8.21. The zero-order valence-electron chi connectivity index (χ0n) is 18.8. The Labute approximate surface area is 182 Å². The molecule has 0 N–H and O–H groups in total. The van der Waals surface area contributed by atoms with E-state index < -0.39 is 0 Å². The fraction of sp³-hybridized carbons (Fsp3) is 0.207. The van der Waals surface area contributed by atoms with Gasteiger partial charge in [-0.25, -0.2) is 0 Å². The predicted molar refractivity (Wildman–Crippen MR) is 134 cm³/mol. The van der Waals surface area contributed by atoms with Gasteiger partial charge in [0.05, 0.1) is 0 Å². The lowest BCUT2D eigenvalue weighted by Crippen LogP contribution is -1.91. The van der Waals surface area contributed by atoms with Crippen LogP contribution in [0.25, 0.3) is 32.8 Å². The van der Waals surface area contributed by atoms with Gasteiger partial charge in [-0.2, -0.15) is 0 Å². The van der Waals surface area contributed by atoms with Crippen LogP contribution in [-0.4, -0.2) is 0 Å². The summed E-state index contributed by atoms with van der Waals surface area (Å²) in [5.74, 6) is 0. The van der Waals surface area contributed by atoms with Gasteiger partial charge >= 0.3 is 0 Å². The van der Waals surface area contributed by atoms with Crippen LogP contribution in [0.4, 0.5) is 0 Å². The molecular formula is C29H29P. The molecule has 0 spiro atoms. The summed E-state index contributed by atoms with van der Waals surface area (Å²) in [4.78, 5) is 0. The van der Waals surface area contributed by atoms with Crippen molar-refractivity contribution < 1.29 is 0 Å². The van der Waals surface area contributed by atoms with Crippen molar-refractivity contribution in [2.75, 3.05) is 0 Å². The highest BCUT2D eigenvalue weighted by Gasteiger charge is 2.13. The summed E-state index contributed by atoms with van der Waals surface area (Å²) < 4.78 is 0. The molecule has 1 heterocycles. The maximum absolute atomic E-state index is 2.38. The molecular weight excluding hydrogens is 379 g/mol. The molecule has 0 aliphatic heterocycles. The standard InChI is InChI=1S/C29H29P/c1-18-12-22(5)26(14-20(18)3)28-16-25(24-10-8-7-9-11-24)17-29(30-28)27-15-21(4)19(2)13-23(27)6/h7-17H,1-6H3. The molecule has 4 aromatic rings. The Balaban J connectivity index is 1.99. The molecule has 0 saturated heterocycles. The number of benzene rings is 3. The summed E-state index contributed by atoms with van der Waals surface area (Å²) in [7, 11) is 1.27. The van der Waals surface area contributed by atoms with Crippen LogP contribution in [0.3, 0.4) is 0 Å². The number of aryl methyl sites for hydroxylation is 6. The molecule has 0 aliphatic carbocycles. The largest absolute Gasteiger partial charge is 0.0622 e. The van der Waals surface area contributed by atoms with Crippen molar-refractivity contribution in [3.05, 3.63) is 100 Å². The van der Waals surface area contributed by atoms with Crippen LogP contribution in [0.1, 0.15) is 33.4 Å². The van der Waals surface area contributed by atoms with Crippen molar-refractivity contribution in [1.82, 2.24) is 0 Å². The van der Waals surface area contributed by atoms with Gasteiger partial charge in [0, 0.05) is 10.6 Å². The third-order valence-corrected chi connectivity index (χ3v) is 7.39. The maximum Gasteiger partial charge on any atom is 0.0105 e. The molecule has 0 fully saturated rings. The van der Waals surface area contributed by atoms with E-state index in [1.807, 2.05) is 0 Å². The van der Waals surface area contributed by atoms with E-state index >= 15 is 0 Å². The van der Waals surface area contributed by atoms with Gasteiger partial charge in [-0.05, 0) is 109 Å². The van der Waals surface area contributed by atoms with Gasteiger partial charge in [-0.1, -0.05) is 62.8 Å². The Morgan fingerprint density at radius 1 is 0.433 bits per heavy atom. The van der Waals surface area contributed by atoms with E-state index in [0.29, 0.717) is 0 Å². The van der Waals surface area contributed by atoms with Crippen LogP contribution in [0, 0.1) is 41.5 Å². The number of rotatable bonds is 3. The summed E-state index contributed by atoms with van der Waals surface area (Å²) >= 11 is 0. The number of hydrogen-bond donors (Lipinski definition) is 0. The molecule has 0 atom stereocenters. The molecule has 0 unspecified atom stereocenters. The van der Waals surface area contributed by atoms with Crippen molar-refractivity contribution in [1.29, 1.82) is 0 Å². The van der Waals surface area contributed by atoms with Crippen molar-refractivity contribution >= 4 is 8.19 Å². The highest BCUT2D eigenvalue weighted by atomic mass is 31.0. The first kappa shape index (κ1) is 20.6. The Kier molecular flexibility index (Phi) is 5.63. The molecule has 0 radical (unpaired) electrons. The SMILES string of the molecule is Cc1cc(C)c(-c2cc(-c3ccccc3)cc(-c3cc(C)c(C)cc3C)p2)cc1C. The van der Waals surface area contributed by atoms with E-state index in [-0.39, 0.29) is 0 Å². The molecule has 0 saturated carbocycles. The summed E-state index contributed by atoms with van der Waals surface area (Å²) in [5, 5.41) is 2.76. The Morgan fingerprint density at radius 3 is 1.33 bits per heavy atom. The first-order chi connectivity index (χ1) is 14.3. The van der Waals surface area contributed by atoms with Gasteiger partial charge in [0.2, 0.25) is 0 Å². The molecule has 3 aromatic carbocycles. The van der Waals surface area contributed by atoms with Gasteiger partial charge < -0.3 is 0 Å². The first-order valence-electron chi connectivity index (χ1n) is 10.6. The minimum absolute atomic E-state index is 1.27. The summed E-state index contributed by atoms with van der Waals surface area (Å²) in [5.41, 5.74) is 13.4. The van der Waals surface area contributed by atoms with Gasteiger partial charge in [-0.15, -0.1) is 0 Å². The van der Waals surface area contributed by atoms with E-state index in [1.54, 1.807) is 0 Å². The smallest absolute Gasteiger partial charge is 0.0105 e. The lowest BCUT2D eigenvalue weighted by Gasteiger charge is -2.16. The Hall–Kier alpha value is -2.69. The quantitative estimate of drug-likeness (QED) is 0.317. The molecule has 1 heteroatoms. The van der Waals surface area contributed by atoms with Crippen molar-refractivity contribution in [3.63, 3.8) is 0 Å². The number of hydrogen-bond acceptors (Lipinski definition) is 0. The zero-order valence-corrected chi connectivity index (χ0v) is 19.7. The monoisotopic (exact) mass is 408 g/mol. The summed E-state index contributed by atoms with van der Waals surface area (Å²) in [6, 6.07) is 24.9. The van der Waals surface area contributed by atoms with Crippen molar-refractivity contribution in [2.24, 2.45) is 0 Å². The zero-order chi connectivity index (χ0) is 21.4. The van der Waals surface area contributed by atoms with Crippen LogP contribution >= 0.6 is 8.19 Å². The van der Waals surface area contributed by atoms with Crippen LogP contribution < -0.4 is 0 Å².